The molecule has 0 bridgehead atoms. The number of anilines is 1. The minimum absolute atomic E-state index is 0.000166. The summed E-state index contributed by atoms with van der Waals surface area (Å²) in [5.41, 5.74) is 2.69. The van der Waals surface area contributed by atoms with Crippen LogP contribution in [0.4, 0.5) is 5.69 Å². The van der Waals surface area contributed by atoms with E-state index in [0.29, 0.717) is 29.4 Å². The van der Waals surface area contributed by atoms with Crippen molar-refractivity contribution in [3.05, 3.63) is 53.7 Å². The Labute approximate surface area is 187 Å². The summed E-state index contributed by atoms with van der Waals surface area (Å²) in [5, 5.41) is 6.62. The van der Waals surface area contributed by atoms with Gasteiger partial charge in [-0.3, -0.25) is 4.79 Å². The van der Waals surface area contributed by atoms with Gasteiger partial charge in [-0.25, -0.2) is 8.42 Å². The second kappa shape index (κ2) is 9.86. The zero-order chi connectivity index (χ0) is 23.3. The van der Waals surface area contributed by atoms with Crippen LogP contribution in [0.25, 0.3) is 11.3 Å². The maximum Gasteiger partial charge on any atom is 0.225 e. The smallest absolute Gasteiger partial charge is 0.225 e. The monoisotopic (exact) mass is 458 g/mol. The Bertz CT molecular complexity index is 1200. The Balaban J connectivity index is 1.74. The summed E-state index contributed by atoms with van der Waals surface area (Å²) in [5.74, 6) is 0.612. The van der Waals surface area contributed by atoms with E-state index in [9.17, 15) is 13.2 Å². The van der Waals surface area contributed by atoms with E-state index >= 15 is 0 Å². The lowest BCUT2D eigenvalue weighted by atomic mass is 10.1. The number of hydrogen-bond donors (Lipinski definition) is 1. The molecule has 170 valence electrons. The highest BCUT2D eigenvalue weighted by molar-refractivity contribution is 7.91. The second-order valence-electron chi connectivity index (χ2n) is 7.16. The highest BCUT2D eigenvalue weighted by atomic mass is 32.2. The normalized spacial score (nSPS) is 11.2. The molecule has 3 aromatic rings. The molecule has 0 aliphatic rings. The fraction of sp³-hybridized carbons (Fsp3) is 0.304. The summed E-state index contributed by atoms with van der Waals surface area (Å²) in [6, 6.07) is 11.6. The number of carbonyl (C=O) groups is 1. The van der Waals surface area contributed by atoms with Crippen LogP contribution in [0.2, 0.25) is 0 Å². The van der Waals surface area contributed by atoms with Crippen LogP contribution in [-0.4, -0.2) is 39.0 Å². The van der Waals surface area contributed by atoms with Crippen LogP contribution in [0.3, 0.4) is 0 Å². The number of rotatable bonds is 9. The molecule has 0 radical (unpaired) electrons. The molecule has 1 amide bonds. The van der Waals surface area contributed by atoms with Gasteiger partial charge >= 0.3 is 0 Å². The van der Waals surface area contributed by atoms with Crippen LogP contribution in [0.15, 0.2) is 51.9 Å². The fourth-order valence-electron chi connectivity index (χ4n) is 3.11. The number of ether oxygens (including phenoxy) is 2. The van der Waals surface area contributed by atoms with Crippen molar-refractivity contribution in [1.82, 2.24) is 5.16 Å². The van der Waals surface area contributed by atoms with E-state index in [1.54, 1.807) is 36.4 Å². The molecule has 0 saturated heterocycles. The lowest BCUT2D eigenvalue weighted by molar-refractivity contribution is -0.115. The van der Waals surface area contributed by atoms with E-state index in [2.05, 4.69) is 10.5 Å². The van der Waals surface area contributed by atoms with Crippen molar-refractivity contribution in [1.29, 1.82) is 0 Å². The summed E-state index contributed by atoms with van der Waals surface area (Å²) in [4.78, 5) is 12.3. The minimum atomic E-state index is -3.81. The van der Waals surface area contributed by atoms with Gasteiger partial charge in [-0.1, -0.05) is 5.16 Å². The van der Waals surface area contributed by atoms with E-state index in [1.807, 2.05) is 20.8 Å². The van der Waals surface area contributed by atoms with Crippen molar-refractivity contribution < 1.29 is 27.2 Å². The van der Waals surface area contributed by atoms with Crippen LogP contribution in [0, 0.1) is 13.8 Å². The summed E-state index contributed by atoms with van der Waals surface area (Å²) in [6.07, 6.45) is -0.205. The molecule has 0 spiro atoms. The van der Waals surface area contributed by atoms with Crippen molar-refractivity contribution in [2.45, 2.75) is 32.1 Å². The molecular formula is C23H26N2O6S. The number of aromatic nitrogens is 1. The predicted molar refractivity (Wildman–Crippen MR) is 121 cm³/mol. The summed E-state index contributed by atoms with van der Waals surface area (Å²) in [6.45, 7) is 6.09. The molecule has 0 fully saturated rings. The van der Waals surface area contributed by atoms with Crippen molar-refractivity contribution in [3.63, 3.8) is 0 Å². The lowest BCUT2D eigenvalue weighted by Crippen LogP contribution is -2.18. The highest BCUT2D eigenvalue weighted by Gasteiger charge is 2.23. The van der Waals surface area contributed by atoms with Crippen molar-refractivity contribution >= 4 is 21.4 Å². The van der Waals surface area contributed by atoms with Gasteiger partial charge in [-0.15, -0.1) is 0 Å². The molecule has 9 heteroatoms. The molecule has 3 rings (SSSR count). The molecule has 0 unspecified atom stereocenters. The van der Waals surface area contributed by atoms with E-state index in [1.165, 1.54) is 13.2 Å². The summed E-state index contributed by atoms with van der Waals surface area (Å²) >= 11 is 0. The summed E-state index contributed by atoms with van der Waals surface area (Å²) in [7, 11) is -2.41. The molecule has 1 N–H and O–H groups in total. The Kier molecular flexibility index (Phi) is 7.19. The molecule has 0 aliphatic heterocycles. The van der Waals surface area contributed by atoms with Crippen LogP contribution < -0.4 is 14.8 Å². The number of benzene rings is 2. The maximum atomic E-state index is 13.0. The number of sulfone groups is 1. The molecule has 32 heavy (non-hydrogen) atoms. The standard InChI is InChI=1S/C23H26N2O6S/c1-5-30-19-9-7-18(8-10-19)24-22(26)12-13-32(27,28)21-14-17(6-11-20(21)29-4)23-15(2)16(3)25-31-23/h6-11,14H,5,12-13H2,1-4H3,(H,24,26). The Morgan fingerprint density at radius 2 is 1.84 bits per heavy atom. The second-order valence-corrected chi connectivity index (χ2v) is 9.24. The number of aryl methyl sites for hydroxylation is 1. The first kappa shape index (κ1) is 23.3. The van der Waals surface area contributed by atoms with Crippen LogP contribution in [0.5, 0.6) is 11.5 Å². The van der Waals surface area contributed by atoms with Gasteiger partial charge in [0.25, 0.3) is 0 Å². The molecule has 2 aromatic carbocycles. The van der Waals surface area contributed by atoms with E-state index in [4.69, 9.17) is 14.0 Å². The van der Waals surface area contributed by atoms with E-state index < -0.39 is 15.7 Å². The van der Waals surface area contributed by atoms with E-state index in [-0.39, 0.29) is 22.8 Å². The van der Waals surface area contributed by atoms with Gasteiger partial charge in [0.15, 0.2) is 15.6 Å². The van der Waals surface area contributed by atoms with Crippen molar-refractivity contribution in [2.75, 3.05) is 24.8 Å². The quantitative estimate of drug-likeness (QED) is 0.513. The Hall–Kier alpha value is -3.33. The average molecular weight is 459 g/mol. The first-order valence-electron chi connectivity index (χ1n) is 10.1. The Morgan fingerprint density at radius 3 is 2.44 bits per heavy atom. The maximum absolute atomic E-state index is 13.0. The largest absolute Gasteiger partial charge is 0.495 e. The minimum Gasteiger partial charge on any atom is -0.495 e. The number of nitrogens with zero attached hydrogens (tertiary/aromatic N) is 1. The first-order chi connectivity index (χ1) is 15.2. The van der Waals surface area contributed by atoms with Gasteiger partial charge in [0, 0.05) is 23.2 Å². The van der Waals surface area contributed by atoms with Crippen LogP contribution in [0.1, 0.15) is 24.6 Å². The number of nitrogens with one attached hydrogen (secondary N) is 1. The van der Waals surface area contributed by atoms with Gasteiger partial charge < -0.3 is 19.3 Å². The third-order valence-corrected chi connectivity index (χ3v) is 6.70. The molecular weight excluding hydrogens is 432 g/mol. The fourth-order valence-corrected chi connectivity index (χ4v) is 4.55. The predicted octanol–water partition coefficient (Wildman–Crippen LogP) is 4.17. The first-order valence-corrected chi connectivity index (χ1v) is 11.8. The average Bonchev–Trinajstić information content (AvgIpc) is 3.12. The third-order valence-electron chi connectivity index (χ3n) is 4.96. The SMILES string of the molecule is CCOc1ccc(NC(=O)CCS(=O)(=O)c2cc(-c3onc(C)c3C)ccc2OC)cc1. The molecule has 1 aromatic heterocycles. The van der Waals surface area contributed by atoms with Gasteiger partial charge in [0.05, 0.1) is 25.2 Å². The Morgan fingerprint density at radius 1 is 1.12 bits per heavy atom. The zero-order valence-electron chi connectivity index (χ0n) is 18.5. The molecule has 0 atom stereocenters. The van der Waals surface area contributed by atoms with Crippen molar-refractivity contribution in [2.24, 2.45) is 0 Å². The van der Waals surface area contributed by atoms with Crippen molar-refractivity contribution in [3.8, 4) is 22.8 Å². The number of methoxy groups -OCH3 is 1. The van der Waals surface area contributed by atoms with E-state index in [0.717, 1.165) is 11.3 Å². The topological polar surface area (TPSA) is 108 Å². The van der Waals surface area contributed by atoms with Crippen LogP contribution in [-0.2, 0) is 14.6 Å². The van der Waals surface area contributed by atoms with Gasteiger partial charge in [0.1, 0.15) is 16.4 Å². The van der Waals surface area contributed by atoms with Gasteiger partial charge in [-0.05, 0) is 63.2 Å². The zero-order valence-corrected chi connectivity index (χ0v) is 19.3. The molecule has 0 aliphatic carbocycles. The number of carbonyl (C=O) groups excluding carboxylic acids is 1. The summed E-state index contributed by atoms with van der Waals surface area (Å²) < 4.78 is 42.0. The van der Waals surface area contributed by atoms with Gasteiger partial charge in [-0.2, -0.15) is 0 Å². The number of hydrogen-bond acceptors (Lipinski definition) is 7. The highest BCUT2D eigenvalue weighted by Crippen LogP contribution is 2.33. The molecule has 1 heterocycles. The van der Waals surface area contributed by atoms with Crippen LogP contribution >= 0.6 is 0 Å². The molecule has 0 saturated carbocycles. The molecule has 8 nitrogen and oxygen atoms in total. The number of amides is 1. The third kappa shape index (κ3) is 5.28. The lowest BCUT2D eigenvalue weighted by Gasteiger charge is -2.11. The van der Waals surface area contributed by atoms with Gasteiger partial charge in [0.2, 0.25) is 5.91 Å².